The van der Waals surface area contributed by atoms with Crippen molar-refractivity contribution < 1.29 is 23.0 Å². The van der Waals surface area contributed by atoms with E-state index in [4.69, 9.17) is 9.47 Å². The van der Waals surface area contributed by atoms with Crippen molar-refractivity contribution in [2.75, 3.05) is 13.7 Å². The molecule has 1 atom stereocenters. The molecule has 7 heteroatoms. The molecule has 1 spiro atoms. The number of alkyl halides is 2. The van der Waals surface area contributed by atoms with Gasteiger partial charge in [-0.2, -0.15) is 0 Å². The highest BCUT2D eigenvalue weighted by Gasteiger charge is 2.58. The summed E-state index contributed by atoms with van der Waals surface area (Å²) in [5, 5.41) is 1.12. The van der Waals surface area contributed by atoms with E-state index >= 15 is 0 Å². The first-order valence-corrected chi connectivity index (χ1v) is 11.3. The molecule has 1 unspecified atom stereocenters. The number of rotatable bonds is 6. The van der Waals surface area contributed by atoms with Gasteiger partial charge in [-0.25, -0.2) is 8.78 Å². The van der Waals surface area contributed by atoms with E-state index in [1.54, 1.807) is 19.2 Å². The zero-order valence-corrected chi connectivity index (χ0v) is 18.9. The second-order valence-corrected chi connectivity index (χ2v) is 9.57. The minimum atomic E-state index is -2.55. The van der Waals surface area contributed by atoms with Crippen molar-refractivity contribution in [2.24, 2.45) is 5.41 Å². The molecule has 2 aromatic carbocycles. The van der Waals surface area contributed by atoms with E-state index in [1.165, 1.54) is 0 Å². The molecule has 3 aromatic rings. The number of benzene rings is 2. The summed E-state index contributed by atoms with van der Waals surface area (Å²) >= 11 is 0. The van der Waals surface area contributed by atoms with Gasteiger partial charge < -0.3 is 14.5 Å². The molecule has 0 bridgehead atoms. The largest absolute Gasteiger partial charge is 0.496 e. The zero-order valence-electron chi connectivity index (χ0n) is 18.9. The van der Waals surface area contributed by atoms with E-state index in [-0.39, 0.29) is 24.3 Å². The van der Waals surface area contributed by atoms with Crippen LogP contribution in [0.1, 0.15) is 48.4 Å². The van der Waals surface area contributed by atoms with Crippen molar-refractivity contribution in [1.82, 2.24) is 9.88 Å². The van der Waals surface area contributed by atoms with Gasteiger partial charge >= 0.3 is 0 Å². The fraction of sp³-hybridized carbons (Fsp3) is 0.423. The number of aryl methyl sites for hydroxylation is 1. The standard InChI is InChI=1S/C26H28F2N2O3/c1-17-11-23(32-2)21(20-7-9-29-24(17)20)13-30-10-8-25(14-26(27,28)15-25)12-22(30)18-3-5-19(6-4-18)33-16-31/h3-7,9,11,16,22,29H,8,10,12-15H2,1-2H3. The Morgan fingerprint density at radius 3 is 2.64 bits per heavy atom. The topological polar surface area (TPSA) is 54.6 Å². The Morgan fingerprint density at radius 2 is 1.97 bits per heavy atom. The van der Waals surface area contributed by atoms with Crippen LogP contribution in [0.4, 0.5) is 8.78 Å². The summed E-state index contributed by atoms with van der Waals surface area (Å²) in [4.78, 5) is 16.4. The molecule has 174 valence electrons. The molecule has 33 heavy (non-hydrogen) atoms. The van der Waals surface area contributed by atoms with Gasteiger partial charge in [0.25, 0.3) is 6.47 Å². The van der Waals surface area contributed by atoms with Crippen LogP contribution in [-0.4, -0.2) is 35.9 Å². The second kappa shape index (κ2) is 8.13. The third kappa shape index (κ3) is 3.99. The van der Waals surface area contributed by atoms with Gasteiger partial charge in [0, 0.05) is 48.1 Å². The van der Waals surface area contributed by atoms with Gasteiger partial charge in [-0.3, -0.25) is 9.69 Å². The second-order valence-electron chi connectivity index (χ2n) is 9.57. The maximum atomic E-state index is 13.9. The summed E-state index contributed by atoms with van der Waals surface area (Å²) in [7, 11) is 1.68. The zero-order chi connectivity index (χ0) is 23.2. The first-order valence-electron chi connectivity index (χ1n) is 11.3. The number of nitrogens with zero attached hydrogens (tertiary/aromatic N) is 1. The minimum Gasteiger partial charge on any atom is -0.496 e. The molecule has 1 N–H and O–H groups in total. The lowest BCUT2D eigenvalue weighted by molar-refractivity contribution is -0.186. The number of nitrogens with one attached hydrogen (secondary N) is 1. The van der Waals surface area contributed by atoms with Gasteiger partial charge in [0.05, 0.1) is 7.11 Å². The summed E-state index contributed by atoms with van der Waals surface area (Å²) in [6.07, 6.45) is 3.31. The van der Waals surface area contributed by atoms with Gasteiger partial charge in [-0.15, -0.1) is 0 Å². The highest BCUT2D eigenvalue weighted by atomic mass is 19.3. The van der Waals surface area contributed by atoms with E-state index < -0.39 is 5.92 Å². The molecular formula is C26H28F2N2O3. The summed E-state index contributed by atoms with van der Waals surface area (Å²) in [6, 6.07) is 11.5. The Morgan fingerprint density at radius 1 is 1.21 bits per heavy atom. The predicted molar refractivity (Wildman–Crippen MR) is 122 cm³/mol. The van der Waals surface area contributed by atoms with Crippen molar-refractivity contribution in [3.8, 4) is 11.5 Å². The number of hydrogen-bond donors (Lipinski definition) is 1. The minimum absolute atomic E-state index is 0.0138. The molecule has 0 amide bonds. The number of piperidine rings is 1. The first kappa shape index (κ1) is 21.9. The van der Waals surface area contributed by atoms with Crippen LogP contribution in [0.15, 0.2) is 42.6 Å². The molecule has 1 saturated carbocycles. The third-order valence-corrected chi connectivity index (χ3v) is 7.41. The number of fused-ring (bicyclic) bond motifs is 1. The van der Waals surface area contributed by atoms with E-state index in [1.807, 2.05) is 24.4 Å². The number of likely N-dealkylation sites (tertiary alicyclic amines) is 1. The summed E-state index contributed by atoms with van der Waals surface area (Å²) < 4.78 is 38.4. The number of hydrogen-bond acceptors (Lipinski definition) is 4. The average Bonchev–Trinajstić information content (AvgIpc) is 3.27. The summed E-state index contributed by atoms with van der Waals surface area (Å²) in [5.41, 5.74) is 4.03. The molecule has 2 heterocycles. The lowest BCUT2D eigenvalue weighted by Crippen LogP contribution is -2.53. The monoisotopic (exact) mass is 454 g/mol. The molecule has 2 aliphatic rings. The highest BCUT2D eigenvalue weighted by molar-refractivity contribution is 5.88. The van der Waals surface area contributed by atoms with Crippen LogP contribution < -0.4 is 9.47 Å². The van der Waals surface area contributed by atoms with Crippen molar-refractivity contribution in [3.05, 3.63) is 59.3 Å². The fourth-order valence-corrected chi connectivity index (χ4v) is 5.87. The Hall–Kier alpha value is -2.93. The molecule has 0 radical (unpaired) electrons. The van der Waals surface area contributed by atoms with Crippen LogP contribution >= 0.6 is 0 Å². The Labute approximate surface area is 191 Å². The Balaban J connectivity index is 1.49. The molecular weight excluding hydrogens is 426 g/mol. The summed E-state index contributed by atoms with van der Waals surface area (Å²) in [6.45, 7) is 3.84. The van der Waals surface area contributed by atoms with Crippen molar-refractivity contribution in [3.63, 3.8) is 0 Å². The molecule has 5 rings (SSSR count). The smallest absolute Gasteiger partial charge is 0.298 e. The predicted octanol–water partition coefficient (Wildman–Crippen LogP) is 5.77. The molecule has 1 aliphatic heterocycles. The number of H-pyrrole nitrogens is 1. The van der Waals surface area contributed by atoms with Crippen LogP contribution in [0.5, 0.6) is 11.5 Å². The van der Waals surface area contributed by atoms with Crippen LogP contribution in [0.3, 0.4) is 0 Å². The lowest BCUT2D eigenvalue weighted by atomic mass is 9.59. The maximum absolute atomic E-state index is 13.9. The van der Waals surface area contributed by atoms with Gasteiger partial charge in [0.15, 0.2) is 0 Å². The van der Waals surface area contributed by atoms with E-state index in [2.05, 4.69) is 22.9 Å². The van der Waals surface area contributed by atoms with Gasteiger partial charge in [0.2, 0.25) is 5.92 Å². The molecule has 1 saturated heterocycles. The van der Waals surface area contributed by atoms with Crippen LogP contribution in [0.2, 0.25) is 0 Å². The highest BCUT2D eigenvalue weighted by Crippen LogP contribution is 2.60. The fourth-order valence-electron chi connectivity index (χ4n) is 5.87. The van der Waals surface area contributed by atoms with Crippen LogP contribution in [-0.2, 0) is 11.3 Å². The quantitative estimate of drug-likeness (QED) is 0.480. The van der Waals surface area contributed by atoms with E-state index in [0.29, 0.717) is 25.2 Å². The normalized spacial score (nSPS) is 21.6. The SMILES string of the molecule is COc1cc(C)c2[nH]ccc2c1CN1CCC2(CC1c1ccc(OC=O)cc1)CC(F)(F)C2. The number of carbonyl (C=O) groups is 1. The average molecular weight is 455 g/mol. The maximum Gasteiger partial charge on any atom is 0.298 e. The third-order valence-electron chi connectivity index (χ3n) is 7.41. The van der Waals surface area contributed by atoms with E-state index in [9.17, 15) is 13.6 Å². The molecule has 5 nitrogen and oxygen atoms in total. The molecule has 1 aromatic heterocycles. The van der Waals surface area contributed by atoms with Gasteiger partial charge in [0.1, 0.15) is 11.5 Å². The summed E-state index contributed by atoms with van der Waals surface area (Å²) in [5.74, 6) is -1.25. The number of halogens is 2. The number of aromatic nitrogens is 1. The van der Waals surface area contributed by atoms with E-state index in [0.717, 1.165) is 46.3 Å². The Kier molecular flexibility index (Phi) is 5.40. The number of ether oxygens (including phenoxy) is 2. The van der Waals surface area contributed by atoms with Crippen molar-refractivity contribution in [2.45, 2.75) is 51.1 Å². The van der Waals surface area contributed by atoms with Gasteiger partial charge in [-0.05, 0) is 67.1 Å². The van der Waals surface area contributed by atoms with Crippen LogP contribution in [0.25, 0.3) is 10.9 Å². The number of carbonyl (C=O) groups excluding carboxylic acids is 1. The molecule has 2 fully saturated rings. The number of methoxy groups -OCH3 is 1. The van der Waals surface area contributed by atoms with Gasteiger partial charge in [-0.1, -0.05) is 12.1 Å². The number of aromatic amines is 1. The van der Waals surface area contributed by atoms with Crippen molar-refractivity contribution in [1.29, 1.82) is 0 Å². The first-order chi connectivity index (χ1) is 15.8. The van der Waals surface area contributed by atoms with Crippen LogP contribution in [0, 0.1) is 12.3 Å². The van der Waals surface area contributed by atoms with Crippen molar-refractivity contribution >= 4 is 17.4 Å². The molecule has 1 aliphatic carbocycles. The Bertz CT molecular complexity index is 1160. The lowest BCUT2D eigenvalue weighted by Gasteiger charge is -2.54.